The third-order valence-electron chi connectivity index (χ3n) is 4.42. The number of hydrogen-bond acceptors (Lipinski definition) is 3. The van der Waals surface area contributed by atoms with Crippen LogP contribution in [0.1, 0.15) is 11.1 Å². The van der Waals surface area contributed by atoms with Crippen LogP contribution in [-0.2, 0) is 4.79 Å². The fourth-order valence-corrected chi connectivity index (χ4v) is 3.10. The first-order valence-corrected chi connectivity index (χ1v) is 9.14. The van der Waals surface area contributed by atoms with Crippen LogP contribution >= 0.6 is 11.6 Å². The molecule has 0 aliphatic carbocycles. The first kappa shape index (κ1) is 18.0. The fraction of sp³-hybridized carbons (Fsp3) is 0.0435. The van der Waals surface area contributed by atoms with E-state index in [4.69, 9.17) is 16.3 Å². The van der Waals surface area contributed by atoms with Gasteiger partial charge in [0.05, 0.1) is 18.4 Å². The Kier molecular flexibility index (Phi) is 4.96. The van der Waals surface area contributed by atoms with Crippen molar-refractivity contribution in [1.29, 1.82) is 0 Å². The molecule has 0 fully saturated rings. The Morgan fingerprint density at radius 3 is 2.25 bits per heavy atom. The van der Waals surface area contributed by atoms with E-state index in [2.05, 4.69) is 5.10 Å². The molecule has 1 heterocycles. The molecule has 0 bridgehead atoms. The summed E-state index contributed by atoms with van der Waals surface area (Å²) in [5, 5.41) is 6.63. The van der Waals surface area contributed by atoms with Crippen molar-refractivity contribution in [1.82, 2.24) is 0 Å². The molecular formula is C23H17ClN2O2. The molecule has 4 nitrogen and oxygen atoms in total. The minimum absolute atomic E-state index is 0.183. The van der Waals surface area contributed by atoms with Gasteiger partial charge < -0.3 is 4.74 Å². The molecule has 0 saturated carbocycles. The first-order chi connectivity index (χ1) is 13.7. The predicted octanol–water partition coefficient (Wildman–Crippen LogP) is 5.18. The number of hydrogen-bond donors (Lipinski definition) is 0. The van der Waals surface area contributed by atoms with Gasteiger partial charge in [-0.2, -0.15) is 10.1 Å². The number of anilines is 1. The van der Waals surface area contributed by atoms with Crippen LogP contribution in [0.25, 0.3) is 6.08 Å². The smallest absolute Gasteiger partial charge is 0.281 e. The molecular weight excluding hydrogens is 372 g/mol. The molecule has 138 valence electrons. The standard InChI is InChI=1S/C23H17ClN2O2/c1-28-20-13-7-16(8-14-20)15-21-22(17-5-3-2-4-6-17)25-26(23(21)27)19-11-9-18(24)10-12-19/h2-15H,1H3/b21-15-. The highest BCUT2D eigenvalue weighted by Gasteiger charge is 2.31. The maximum absolute atomic E-state index is 13.2. The largest absolute Gasteiger partial charge is 0.497 e. The van der Waals surface area contributed by atoms with Crippen molar-refractivity contribution < 1.29 is 9.53 Å². The van der Waals surface area contributed by atoms with Crippen molar-refractivity contribution in [2.24, 2.45) is 5.10 Å². The molecule has 3 aromatic rings. The molecule has 1 aliphatic rings. The van der Waals surface area contributed by atoms with Crippen LogP contribution < -0.4 is 9.75 Å². The monoisotopic (exact) mass is 388 g/mol. The molecule has 1 amide bonds. The van der Waals surface area contributed by atoms with Gasteiger partial charge in [0.1, 0.15) is 11.5 Å². The molecule has 0 unspecified atom stereocenters. The highest BCUT2D eigenvalue weighted by atomic mass is 35.5. The summed E-state index contributed by atoms with van der Waals surface area (Å²) in [4.78, 5) is 13.2. The van der Waals surface area contributed by atoms with Crippen molar-refractivity contribution in [3.8, 4) is 5.75 Å². The van der Waals surface area contributed by atoms with Crippen LogP contribution in [0, 0.1) is 0 Å². The van der Waals surface area contributed by atoms with E-state index in [1.165, 1.54) is 5.01 Å². The number of benzene rings is 3. The van der Waals surface area contributed by atoms with E-state index in [-0.39, 0.29) is 5.91 Å². The van der Waals surface area contributed by atoms with Crippen molar-refractivity contribution in [2.45, 2.75) is 0 Å². The second-order valence-electron chi connectivity index (χ2n) is 6.24. The first-order valence-electron chi connectivity index (χ1n) is 8.76. The Morgan fingerprint density at radius 2 is 1.61 bits per heavy atom. The average molecular weight is 389 g/mol. The van der Waals surface area contributed by atoms with Crippen LogP contribution in [0.3, 0.4) is 0 Å². The van der Waals surface area contributed by atoms with Crippen molar-refractivity contribution in [3.05, 3.63) is 101 Å². The van der Waals surface area contributed by atoms with Crippen LogP contribution in [0.2, 0.25) is 5.02 Å². The Bertz CT molecular complexity index is 1060. The summed E-state index contributed by atoms with van der Waals surface area (Å²) in [7, 11) is 1.62. The number of hydrazone groups is 1. The second kappa shape index (κ2) is 7.71. The summed E-state index contributed by atoms with van der Waals surface area (Å²) >= 11 is 5.98. The number of ether oxygens (including phenoxy) is 1. The van der Waals surface area contributed by atoms with Gasteiger partial charge >= 0.3 is 0 Å². The lowest BCUT2D eigenvalue weighted by Crippen LogP contribution is -2.21. The van der Waals surface area contributed by atoms with E-state index < -0.39 is 0 Å². The Morgan fingerprint density at radius 1 is 0.929 bits per heavy atom. The molecule has 0 atom stereocenters. The van der Waals surface area contributed by atoms with Gasteiger partial charge in [-0.05, 0) is 48.0 Å². The topological polar surface area (TPSA) is 41.9 Å². The maximum atomic E-state index is 13.2. The number of amides is 1. The molecule has 3 aromatic carbocycles. The summed E-state index contributed by atoms with van der Waals surface area (Å²) < 4.78 is 5.20. The van der Waals surface area contributed by atoms with E-state index in [0.29, 0.717) is 22.0 Å². The molecule has 4 rings (SSSR count). The van der Waals surface area contributed by atoms with Crippen LogP contribution in [0.15, 0.2) is 89.5 Å². The number of methoxy groups -OCH3 is 1. The van der Waals surface area contributed by atoms with Crippen LogP contribution in [-0.4, -0.2) is 18.7 Å². The molecule has 0 aromatic heterocycles. The van der Waals surface area contributed by atoms with Crippen molar-refractivity contribution in [2.75, 3.05) is 12.1 Å². The van der Waals surface area contributed by atoms with Gasteiger partial charge in [0.2, 0.25) is 0 Å². The molecule has 28 heavy (non-hydrogen) atoms. The van der Waals surface area contributed by atoms with E-state index >= 15 is 0 Å². The van der Waals surface area contributed by atoms with E-state index in [1.54, 1.807) is 31.4 Å². The Hall–Kier alpha value is -3.37. The molecule has 0 saturated heterocycles. The lowest BCUT2D eigenvalue weighted by molar-refractivity contribution is -0.114. The normalized spacial score (nSPS) is 15.1. The second-order valence-corrected chi connectivity index (χ2v) is 6.68. The summed E-state index contributed by atoms with van der Waals surface area (Å²) in [6.07, 6.45) is 1.85. The number of rotatable bonds is 4. The van der Waals surface area contributed by atoms with E-state index in [9.17, 15) is 4.79 Å². The van der Waals surface area contributed by atoms with E-state index in [0.717, 1.165) is 16.9 Å². The summed E-state index contributed by atoms with van der Waals surface area (Å²) in [6.45, 7) is 0. The molecule has 5 heteroatoms. The SMILES string of the molecule is COc1ccc(/C=C2\C(=O)N(c3ccc(Cl)cc3)N=C2c2ccccc2)cc1. The Balaban J connectivity index is 1.78. The zero-order chi connectivity index (χ0) is 19.5. The van der Waals surface area contributed by atoms with Crippen LogP contribution in [0.5, 0.6) is 5.75 Å². The lowest BCUT2D eigenvalue weighted by Gasteiger charge is -2.11. The molecule has 1 aliphatic heterocycles. The summed E-state index contributed by atoms with van der Waals surface area (Å²) in [5.74, 6) is 0.580. The number of carbonyl (C=O) groups excluding carboxylic acids is 1. The highest BCUT2D eigenvalue weighted by molar-refractivity contribution is 6.37. The third kappa shape index (κ3) is 3.55. The number of halogens is 1. The zero-order valence-electron chi connectivity index (χ0n) is 15.2. The van der Waals surface area contributed by atoms with E-state index in [1.807, 2.05) is 60.7 Å². The van der Waals surface area contributed by atoms with Gasteiger partial charge in [-0.25, -0.2) is 0 Å². The maximum Gasteiger partial charge on any atom is 0.281 e. The average Bonchev–Trinajstić information content (AvgIpc) is 3.06. The van der Waals surface area contributed by atoms with Gasteiger partial charge in [0.15, 0.2) is 0 Å². The predicted molar refractivity (Wildman–Crippen MR) is 113 cm³/mol. The van der Waals surface area contributed by atoms with Crippen molar-refractivity contribution in [3.63, 3.8) is 0 Å². The minimum atomic E-state index is -0.183. The minimum Gasteiger partial charge on any atom is -0.497 e. The van der Waals surface area contributed by atoms with Crippen molar-refractivity contribution >= 4 is 35.0 Å². The summed E-state index contributed by atoms with van der Waals surface area (Å²) in [6, 6.07) is 24.3. The number of nitrogens with zero attached hydrogens (tertiary/aromatic N) is 2. The lowest BCUT2D eigenvalue weighted by atomic mass is 10.0. The Labute approximate surface area is 168 Å². The molecule has 0 radical (unpaired) electrons. The van der Waals surface area contributed by atoms with Gasteiger partial charge in [-0.1, -0.05) is 54.1 Å². The van der Waals surface area contributed by atoms with Gasteiger partial charge in [-0.15, -0.1) is 0 Å². The molecule has 0 spiro atoms. The van der Waals surface area contributed by atoms with Gasteiger partial charge in [0, 0.05) is 10.6 Å². The van der Waals surface area contributed by atoms with Gasteiger partial charge in [-0.3, -0.25) is 4.79 Å². The van der Waals surface area contributed by atoms with Crippen LogP contribution in [0.4, 0.5) is 5.69 Å². The number of carbonyl (C=O) groups is 1. The third-order valence-corrected chi connectivity index (χ3v) is 4.68. The fourth-order valence-electron chi connectivity index (χ4n) is 2.98. The molecule has 0 N–H and O–H groups in total. The zero-order valence-corrected chi connectivity index (χ0v) is 15.9. The highest BCUT2D eigenvalue weighted by Crippen LogP contribution is 2.29. The summed E-state index contributed by atoms with van der Waals surface area (Å²) in [5.41, 5.74) is 3.61. The van der Waals surface area contributed by atoms with Gasteiger partial charge in [0.25, 0.3) is 5.91 Å². The quantitative estimate of drug-likeness (QED) is 0.577.